The van der Waals surface area contributed by atoms with Gasteiger partial charge < -0.3 is 5.73 Å². The second-order valence-electron chi connectivity index (χ2n) is 6.38. The standard InChI is InChI=1S/C22H13Cl3N2O2/c23-16-5-2-1-4-13(16)15-10-12(22(26)29)11-19-14(15)8-9-20(28)27(19)21-17(24)6-3-7-18(21)25/h1-11H,(H2,26,29). The Balaban J connectivity index is 2.20. The first kappa shape index (κ1) is 19.5. The van der Waals surface area contributed by atoms with Gasteiger partial charge >= 0.3 is 0 Å². The van der Waals surface area contributed by atoms with Crippen LogP contribution in [0.4, 0.5) is 0 Å². The van der Waals surface area contributed by atoms with Gasteiger partial charge in [0.25, 0.3) is 5.56 Å². The van der Waals surface area contributed by atoms with Crippen molar-refractivity contribution in [1.82, 2.24) is 4.57 Å². The Hall–Kier alpha value is -2.79. The van der Waals surface area contributed by atoms with E-state index in [1.54, 1.807) is 42.5 Å². The Bertz CT molecular complexity index is 1330. The van der Waals surface area contributed by atoms with Crippen molar-refractivity contribution < 1.29 is 4.79 Å². The molecule has 1 aromatic heterocycles. The number of nitrogens with two attached hydrogens (primary N) is 1. The molecule has 1 heterocycles. The van der Waals surface area contributed by atoms with Crippen LogP contribution in [0.3, 0.4) is 0 Å². The first-order valence-electron chi connectivity index (χ1n) is 8.57. The first-order chi connectivity index (χ1) is 13.9. The maximum absolute atomic E-state index is 12.8. The number of primary amides is 1. The number of nitrogens with zero attached hydrogens (tertiary/aromatic N) is 1. The number of carbonyl (C=O) groups is 1. The van der Waals surface area contributed by atoms with Gasteiger partial charge in [0.1, 0.15) is 0 Å². The number of fused-ring (bicyclic) bond motifs is 1. The molecule has 4 aromatic rings. The molecule has 0 spiro atoms. The monoisotopic (exact) mass is 442 g/mol. The number of carbonyl (C=O) groups excluding carboxylic acids is 1. The molecule has 0 unspecified atom stereocenters. The minimum atomic E-state index is -0.631. The zero-order valence-corrected chi connectivity index (χ0v) is 17.1. The fraction of sp³-hybridized carbons (Fsp3) is 0. The van der Waals surface area contributed by atoms with E-state index in [1.165, 1.54) is 10.6 Å². The van der Waals surface area contributed by atoms with Gasteiger partial charge in [-0.1, -0.05) is 59.1 Å². The van der Waals surface area contributed by atoms with Gasteiger partial charge in [-0.05, 0) is 42.0 Å². The van der Waals surface area contributed by atoms with E-state index in [4.69, 9.17) is 40.5 Å². The van der Waals surface area contributed by atoms with Gasteiger partial charge in [0.15, 0.2) is 0 Å². The van der Waals surface area contributed by atoms with Crippen LogP contribution in [0, 0.1) is 0 Å². The van der Waals surface area contributed by atoms with Crippen LogP contribution in [0.5, 0.6) is 0 Å². The highest BCUT2D eigenvalue weighted by Gasteiger charge is 2.18. The number of para-hydroxylation sites is 1. The topological polar surface area (TPSA) is 65.1 Å². The third kappa shape index (κ3) is 3.40. The maximum atomic E-state index is 12.8. The van der Waals surface area contributed by atoms with Crippen molar-refractivity contribution in [2.45, 2.75) is 0 Å². The summed E-state index contributed by atoms with van der Waals surface area (Å²) in [5.74, 6) is -0.631. The molecular weight excluding hydrogens is 431 g/mol. The normalized spacial score (nSPS) is 11.0. The molecule has 0 fully saturated rings. The molecule has 4 nitrogen and oxygen atoms in total. The van der Waals surface area contributed by atoms with Crippen LogP contribution in [0.1, 0.15) is 10.4 Å². The number of aromatic nitrogens is 1. The lowest BCUT2D eigenvalue weighted by Crippen LogP contribution is -2.19. The van der Waals surface area contributed by atoms with Crippen molar-refractivity contribution in [1.29, 1.82) is 0 Å². The summed E-state index contributed by atoms with van der Waals surface area (Å²) in [5, 5.41) is 1.80. The molecule has 0 bridgehead atoms. The van der Waals surface area contributed by atoms with E-state index in [1.807, 2.05) is 18.2 Å². The summed E-state index contributed by atoms with van der Waals surface area (Å²) in [4.78, 5) is 24.9. The Kier molecular flexibility index (Phi) is 5.09. The van der Waals surface area contributed by atoms with E-state index in [2.05, 4.69) is 0 Å². The molecule has 0 aliphatic heterocycles. The molecular formula is C22H13Cl3N2O2. The predicted molar refractivity (Wildman–Crippen MR) is 119 cm³/mol. The fourth-order valence-electron chi connectivity index (χ4n) is 3.32. The summed E-state index contributed by atoms with van der Waals surface area (Å²) < 4.78 is 1.38. The maximum Gasteiger partial charge on any atom is 0.255 e. The quantitative estimate of drug-likeness (QED) is 0.440. The summed E-state index contributed by atoms with van der Waals surface area (Å²) in [7, 11) is 0. The molecule has 7 heteroatoms. The average molecular weight is 444 g/mol. The second kappa shape index (κ2) is 7.56. The molecule has 29 heavy (non-hydrogen) atoms. The van der Waals surface area contributed by atoms with Crippen LogP contribution >= 0.6 is 34.8 Å². The molecule has 0 saturated heterocycles. The summed E-state index contributed by atoms with van der Waals surface area (Å²) in [6.45, 7) is 0. The van der Waals surface area contributed by atoms with Crippen LogP contribution < -0.4 is 11.3 Å². The summed E-state index contributed by atoms with van der Waals surface area (Å²) >= 11 is 19.1. The van der Waals surface area contributed by atoms with Crippen molar-refractivity contribution in [3.05, 3.63) is 97.7 Å². The van der Waals surface area contributed by atoms with Crippen LogP contribution in [-0.2, 0) is 0 Å². The number of amides is 1. The lowest BCUT2D eigenvalue weighted by molar-refractivity contribution is 0.100. The number of halogens is 3. The van der Waals surface area contributed by atoms with Crippen molar-refractivity contribution in [3.63, 3.8) is 0 Å². The minimum Gasteiger partial charge on any atom is -0.366 e. The summed E-state index contributed by atoms with van der Waals surface area (Å²) in [5.41, 5.74) is 7.60. The molecule has 0 aliphatic carbocycles. The van der Waals surface area contributed by atoms with Gasteiger partial charge in [0, 0.05) is 27.6 Å². The minimum absolute atomic E-state index is 0.231. The molecule has 4 rings (SSSR count). The lowest BCUT2D eigenvalue weighted by Gasteiger charge is -2.17. The van der Waals surface area contributed by atoms with Crippen molar-refractivity contribution in [2.75, 3.05) is 0 Å². The van der Waals surface area contributed by atoms with Crippen molar-refractivity contribution in [3.8, 4) is 16.8 Å². The molecule has 0 atom stereocenters. The summed E-state index contributed by atoms with van der Waals surface area (Å²) in [6, 6.07) is 18.5. The Morgan fingerprint density at radius 3 is 2.10 bits per heavy atom. The third-order valence-corrected chi connectivity index (χ3v) is 5.56. The smallest absolute Gasteiger partial charge is 0.255 e. The highest BCUT2D eigenvalue weighted by atomic mass is 35.5. The second-order valence-corrected chi connectivity index (χ2v) is 7.60. The van der Waals surface area contributed by atoms with Gasteiger partial charge in [-0.2, -0.15) is 0 Å². The molecule has 2 N–H and O–H groups in total. The largest absolute Gasteiger partial charge is 0.366 e. The zero-order chi connectivity index (χ0) is 20.7. The van der Waals surface area contributed by atoms with Gasteiger partial charge in [0.05, 0.1) is 21.2 Å². The van der Waals surface area contributed by atoms with Gasteiger partial charge in [-0.3, -0.25) is 14.2 Å². The van der Waals surface area contributed by atoms with Crippen LogP contribution in [-0.4, -0.2) is 10.5 Å². The van der Waals surface area contributed by atoms with Crippen molar-refractivity contribution in [2.24, 2.45) is 5.73 Å². The number of hydrogen-bond donors (Lipinski definition) is 1. The van der Waals surface area contributed by atoms with Crippen LogP contribution in [0.25, 0.3) is 27.7 Å². The number of benzene rings is 3. The van der Waals surface area contributed by atoms with E-state index in [0.717, 1.165) is 0 Å². The zero-order valence-electron chi connectivity index (χ0n) is 14.8. The molecule has 0 saturated carbocycles. The molecule has 1 amide bonds. The van der Waals surface area contributed by atoms with Gasteiger partial charge in [-0.25, -0.2) is 0 Å². The Morgan fingerprint density at radius 2 is 1.45 bits per heavy atom. The third-order valence-electron chi connectivity index (χ3n) is 4.62. The van der Waals surface area contributed by atoms with E-state index < -0.39 is 5.91 Å². The Labute approximate surface area is 181 Å². The number of hydrogen-bond acceptors (Lipinski definition) is 2. The van der Waals surface area contributed by atoms with E-state index >= 15 is 0 Å². The fourth-order valence-corrected chi connectivity index (χ4v) is 4.13. The lowest BCUT2D eigenvalue weighted by atomic mass is 9.97. The van der Waals surface area contributed by atoms with Crippen LogP contribution in [0.15, 0.2) is 71.5 Å². The highest BCUT2D eigenvalue weighted by Crippen LogP contribution is 2.36. The van der Waals surface area contributed by atoms with E-state index in [0.29, 0.717) is 42.8 Å². The van der Waals surface area contributed by atoms with Crippen LogP contribution in [0.2, 0.25) is 15.1 Å². The number of pyridine rings is 1. The average Bonchev–Trinajstić information content (AvgIpc) is 2.69. The van der Waals surface area contributed by atoms with Crippen molar-refractivity contribution >= 4 is 51.6 Å². The first-order valence-corrected chi connectivity index (χ1v) is 9.71. The van der Waals surface area contributed by atoms with Gasteiger partial charge in [0.2, 0.25) is 5.91 Å². The molecule has 3 aromatic carbocycles. The predicted octanol–water partition coefficient (Wildman–Crippen LogP) is 5.72. The van der Waals surface area contributed by atoms with E-state index in [9.17, 15) is 9.59 Å². The molecule has 0 radical (unpaired) electrons. The molecule has 0 aliphatic rings. The Morgan fingerprint density at radius 1 is 0.793 bits per heavy atom. The van der Waals surface area contributed by atoms with E-state index in [-0.39, 0.29) is 11.1 Å². The summed E-state index contributed by atoms with van der Waals surface area (Å²) in [6.07, 6.45) is 0. The SMILES string of the molecule is NC(=O)c1cc(-c2ccccc2Cl)c2ccc(=O)n(-c3c(Cl)cccc3Cl)c2c1. The highest BCUT2D eigenvalue weighted by molar-refractivity contribution is 6.38. The number of rotatable bonds is 3. The molecule has 144 valence electrons. The van der Waals surface area contributed by atoms with Gasteiger partial charge in [-0.15, -0.1) is 0 Å².